The Morgan fingerprint density at radius 2 is 1.93 bits per heavy atom. The average Bonchev–Trinajstić information content (AvgIpc) is 3.33. The van der Waals surface area contributed by atoms with Gasteiger partial charge in [0, 0.05) is 43.6 Å². The van der Waals surface area contributed by atoms with E-state index in [9.17, 15) is 9.18 Å². The molecule has 0 radical (unpaired) electrons. The Hall–Kier alpha value is -3.20. The van der Waals surface area contributed by atoms with Crippen molar-refractivity contribution >= 4 is 17.5 Å². The number of H-pyrrole nitrogens is 1. The van der Waals surface area contributed by atoms with Gasteiger partial charge >= 0.3 is 6.03 Å². The lowest BCUT2D eigenvalue weighted by atomic mass is 10.1. The Kier molecular flexibility index (Phi) is 6.38. The van der Waals surface area contributed by atoms with Crippen LogP contribution >= 0.6 is 0 Å². The summed E-state index contributed by atoms with van der Waals surface area (Å²) >= 11 is 0. The number of carbonyl (C=O) groups excluding carboxylic acids is 1. The summed E-state index contributed by atoms with van der Waals surface area (Å²) in [4.78, 5) is 27.9. The molecule has 2 amide bonds. The first-order valence-electron chi connectivity index (χ1n) is 10.1. The summed E-state index contributed by atoms with van der Waals surface area (Å²) in [7, 11) is 0. The van der Waals surface area contributed by atoms with Crippen LogP contribution in [0.2, 0.25) is 0 Å². The number of urea groups is 1. The fourth-order valence-corrected chi connectivity index (χ4v) is 3.54. The molecule has 0 unspecified atom stereocenters. The highest BCUT2D eigenvalue weighted by Gasteiger charge is 2.18. The summed E-state index contributed by atoms with van der Waals surface area (Å²) in [5.41, 5.74) is 1.21. The van der Waals surface area contributed by atoms with Crippen LogP contribution in [0.3, 0.4) is 0 Å². The molecule has 2 aliphatic rings. The Bertz CT molecular complexity index is 937. The third-order valence-corrected chi connectivity index (χ3v) is 5.17. The third kappa shape index (κ3) is 4.85. The van der Waals surface area contributed by atoms with Crippen LogP contribution in [0.1, 0.15) is 12.8 Å². The lowest BCUT2D eigenvalue weighted by Crippen LogP contribution is -2.36. The molecule has 2 fully saturated rings. The van der Waals surface area contributed by atoms with Crippen LogP contribution in [0.25, 0.3) is 11.3 Å². The Labute approximate surface area is 174 Å². The predicted molar refractivity (Wildman–Crippen MR) is 112 cm³/mol. The topological polar surface area (TPSA) is 86.4 Å². The van der Waals surface area contributed by atoms with Crippen molar-refractivity contribution in [3.05, 3.63) is 48.8 Å². The zero-order valence-electron chi connectivity index (χ0n) is 16.7. The molecule has 0 spiro atoms. The summed E-state index contributed by atoms with van der Waals surface area (Å²) < 4.78 is 19.9. The van der Waals surface area contributed by atoms with E-state index in [1.54, 1.807) is 35.5 Å². The zero-order valence-corrected chi connectivity index (χ0v) is 16.7. The van der Waals surface area contributed by atoms with Crippen molar-refractivity contribution in [3.8, 4) is 11.3 Å². The van der Waals surface area contributed by atoms with Crippen LogP contribution in [0.4, 0.5) is 20.7 Å². The molecule has 2 saturated heterocycles. The molecular weight excluding hydrogens is 387 g/mol. The van der Waals surface area contributed by atoms with Crippen molar-refractivity contribution in [2.24, 2.45) is 0 Å². The molecule has 8 nitrogen and oxygen atoms in total. The molecule has 9 heteroatoms. The molecule has 1 aromatic heterocycles. The number of morpholine rings is 1. The van der Waals surface area contributed by atoms with Crippen molar-refractivity contribution in [3.63, 3.8) is 0 Å². The smallest absolute Gasteiger partial charge is 0.321 e. The van der Waals surface area contributed by atoms with E-state index in [0.29, 0.717) is 24.6 Å². The van der Waals surface area contributed by atoms with Crippen LogP contribution in [0.15, 0.2) is 43.0 Å². The van der Waals surface area contributed by atoms with Gasteiger partial charge in [-0.2, -0.15) is 0 Å². The highest BCUT2D eigenvalue weighted by Crippen LogP contribution is 2.24. The van der Waals surface area contributed by atoms with E-state index in [0.717, 1.165) is 44.8 Å². The standard InChI is InChI=1S/C21H25FN6O2/c22-18-4-3-16(26-21(29)28-7-1-2-8-28)13-17(18)19-5-6-24-20(14-23-15-25-19)27-9-11-30-12-10-27/h3-6,13-15,24H,1-2,7-12H2,(H,26,29). The van der Waals surface area contributed by atoms with Crippen molar-refractivity contribution in [1.29, 1.82) is 0 Å². The quantitative estimate of drug-likeness (QED) is 0.809. The summed E-state index contributed by atoms with van der Waals surface area (Å²) in [5.74, 6) is 0.404. The molecule has 2 aromatic rings. The number of carbonyl (C=O) groups is 1. The SMILES string of the molecule is O=C(Nc1ccc(F)c(-c2cc[nH]c(N3CCOCC3)cncn2)c1)N1CCCC1. The molecule has 2 aliphatic heterocycles. The van der Waals surface area contributed by atoms with Crippen molar-refractivity contribution in [1.82, 2.24) is 19.9 Å². The lowest BCUT2D eigenvalue weighted by Gasteiger charge is -2.27. The van der Waals surface area contributed by atoms with Crippen molar-refractivity contribution < 1.29 is 13.9 Å². The number of aromatic amines is 1. The zero-order chi connectivity index (χ0) is 20.8. The number of likely N-dealkylation sites (tertiary alicyclic amines) is 1. The van der Waals surface area contributed by atoms with Crippen LogP contribution in [-0.4, -0.2) is 65.3 Å². The second-order valence-electron chi connectivity index (χ2n) is 7.19. The van der Waals surface area contributed by atoms with Gasteiger partial charge in [0.15, 0.2) is 0 Å². The van der Waals surface area contributed by atoms with Crippen LogP contribution < -0.4 is 10.2 Å². The van der Waals surface area contributed by atoms with Gasteiger partial charge in [-0.3, -0.25) is 0 Å². The maximum Gasteiger partial charge on any atom is 0.321 e. The van der Waals surface area contributed by atoms with E-state index in [4.69, 9.17) is 4.74 Å². The second-order valence-corrected chi connectivity index (χ2v) is 7.19. The van der Waals surface area contributed by atoms with E-state index < -0.39 is 5.82 Å². The molecule has 3 heterocycles. The lowest BCUT2D eigenvalue weighted by molar-refractivity contribution is 0.122. The summed E-state index contributed by atoms with van der Waals surface area (Å²) in [6.07, 6.45) is 6.81. The van der Waals surface area contributed by atoms with E-state index in [1.807, 2.05) is 0 Å². The molecule has 2 N–H and O–H groups in total. The maximum absolute atomic E-state index is 14.6. The second kappa shape index (κ2) is 9.53. The number of nitrogens with one attached hydrogen (secondary N) is 2. The van der Waals surface area contributed by atoms with Gasteiger partial charge in [0.05, 0.1) is 25.1 Å². The largest absolute Gasteiger partial charge is 0.378 e. The molecule has 158 valence electrons. The molecule has 1 aromatic carbocycles. The van der Waals surface area contributed by atoms with Crippen LogP contribution in [0.5, 0.6) is 0 Å². The van der Waals surface area contributed by atoms with E-state index in [-0.39, 0.29) is 11.6 Å². The highest BCUT2D eigenvalue weighted by molar-refractivity contribution is 5.90. The highest BCUT2D eigenvalue weighted by atomic mass is 19.1. The molecule has 0 aliphatic carbocycles. The molecule has 0 atom stereocenters. The fraction of sp³-hybridized carbons (Fsp3) is 0.381. The van der Waals surface area contributed by atoms with Gasteiger partial charge in [0.1, 0.15) is 18.0 Å². The van der Waals surface area contributed by atoms with Crippen LogP contribution in [0, 0.1) is 5.82 Å². The minimum Gasteiger partial charge on any atom is -0.378 e. The third-order valence-electron chi connectivity index (χ3n) is 5.17. The number of rotatable bonds is 3. The average molecular weight is 412 g/mol. The van der Waals surface area contributed by atoms with Gasteiger partial charge in [-0.25, -0.2) is 19.2 Å². The molecule has 4 rings (SSSR count). The summed E-state index contributed by atoms with van der Waals surface area (Å²) in [6.45, 7) is 4.35. The fourth-order valence-electron chi connectivity index (χ4n) is 3.54. The van der Waals surface area contributed by atoms with Gasteiger partial charge < -0.3 is 24.8 Å². The van der Waals surface area contributed by atoms with Crippen LogP contribution in [-0.2, 0) is 4.74 Å². The molecule has 0 bridgehead atoms. The van der Waals surface area contributed by atoms with Crippen molar-refractivity contribution in [2.45, 2.75) is 12.8 Å². The summed E-state index contributed by atoms with van der Waals surface area (Å²) in [5, 5.41) is 2.84. The minimum absolute atomic E-state index is 0.167. The number of hydrogen-bond donors (Lipinski definition) is 2. The van der Waals surface area contributed by atoms with Gasteiger partial charge in [-0.1, -0.05) is 0 Å². The van der Waals surface area contributed by atoms with E-state index in [2.05, 4.69) is 25.2 Å². The minimum atomic E-state index is -0.424. The first kappa shape index (κ1) is 20.1. The van der Waals surface area contributed by atoms with Crippen molar-refractivity contribution in [2.75, 3.05) is 49.6 Å². The Morgan fingerprint density at radius 1 is 1.13 bits per heavy atom. The number of nitrogens with zero attached hydrogens (tertiary/aromatic N) is 4. The van der Waals surface area contributed by atoms with Gasteiger partial charge in [-0.05, 0) is 37.1 Å². The molecular formula is C21H25FN6O2. The first-order chi connectivity index (χ1) is 14.7. The number of anilines is 2. The number of hydrogen-bond acceptors (Lipinski definition) is 5. The first-order valence-corrected chi connectivity index (χ1v) is 10.1. The van der Waals surface area contributed by atoms with E-state index in [1.165, 1.54) is 12.4 Å². The van der Waals surface area contributed by atoms with Gasteiger partial charge in [0.2, 0.25) is 0 Å². The number of amides is 2. The predicted octanol–water partition coefficient (Wildman–Crippen LogP) is 3.20. The Morgan fingerprint density at radius 3 is 2.73 bits per heavy atom. The number of benzene rings is 1. The van der Waals surface area contributed by atoms with E-state index >= 15 is 0 Å². The molecule has 0 saturated carbocycles. The number of halogens is 1. The number of aromatic nitrogens is 3. The normalized spacial score (nSPS) is 16.3. The summed E-state index contributed by atoms with van der Waals surface area (Å²) in [6, 6.07) is 6.00. The molecule has 30 heavy (non-hydrogen) atoms. The number of ether oxygens (including phenoxy) is 1. The maximum atomic E-state index is 14.6. The van der Waals surface area contributed by atoms with Gasteiger partial charge in [0.25, 0.3) is 0 Å². The monoisotopic (exact) mass is 412 g/mol. The Balaban J connectivity index is 1.58. The van der Waals surface area contributed by atoms with Gasteiger partial charge in [-0.15, -0.1) is 0 Å².